The minimum atomic E-state index is 0.645. The quantitative estimate of drug-likeness (QED) is 0.713. The SMILES string of the molecule is CCc1nccn1C1CCCN(C)C1. The maximum Gasteiger partial charge on any atom is 0.108 e. The minimum Gasteiger partial charge on any atom is -0.331 e. The maximum absolute atomic E-state index is 4.38. The molecule has 1 fully saturated rings. The van der Waals surface area contributed by atoms with E-state index >= 15 is 0 Å². The van der Waals surface area contributed by atoms with Gasteiger partial charge in [0.15, 0.2) is 0 Å². The average molecular weight is 193 g/mol. The van der Waals surface area contributed by atoms with Crippen LogP contribution in [0.5, 0.6) is 0 Å². The molecule has 3 nitrogen and oxygen atoms in total. The molecule has 14 heavy (non-hydrogen) atoms. The van der Waals surface area contributed by atoms with Crippen molar-refractivity contribution in [2.75, 3.05) is 20.1 Å². The highest BCUT2D eigenvalue weighted by Crippen LogP contribution is 2.21. The zero-order valence-corrected chi connectivity index (χ0v) is 9.11. The highest BCUT2D eigenvalue weighted by atomic mass is 15.2. The number of aryl methyl sites for hydroxylation is 1. The Hall–Kier alpha value is -0.830. The first-order valence-electron chi connectivity index (χ1n) is 5.51. The molecular weight excluding hydrogens is 174 g/mol. The number of hydrogen-bond donors (Lipinski definition) is 0. The van der Waals surface area contributed by atoms with Crippen molar-refractivity contribution < 1.29 is 0 Å². The fourth-order valence-electron chi connectivity index (χ4n) is 2.32. The summed E-state index contributed by atoms with van der Waals surface area (Å²) in [7, 11) is 2.20. The molecule has 2 heterocycles. The molecular formula is C11H19N3. The fourth-order valence-corrected chi connectivity index (χ4v) is 2.32. The zero-order valence-electron chi connectivity index (χ0n) is 9.11. The molecule has 0 N–H and O–H groups in total. The molecule has 0 bridgehead atoms. The minimum absolute atomic E-state index is 0.645. The third-order valence-corrected chi connectivity index (χ3v) is 3.06. The van der Waals surface area contributed by atoms with Crippen molar-refractivity contribution in [2.45, 2.75) is 32.2 Å². The van der Waals surface area contributed by atoms with Crippen molar-refractivity contribution in [3.05, 3.63) is 18.2 Å². The van der Waals surface area contributed by atoms with Crippen LogP contribution in [0.25, 0.3) is 0 Å². The Morgan fingerprint density at radius 2 is 2.43 bits per heavy atom. The molecule has 1 saturated heterocycles. The van der Waals surface area contributed by atoms with E-state index in [9.17, 15) is 0 Å². The Morgan fingerprint density at radius 3 is 3.14 bits per heavy atom. The topological polar surface area (TPSA) is 21.1 Å². The summed E-state index contributed by atoms with van der Waals surface area (Å²) in [5.74, 6) is 1.23. The number of likely N-dealkylation sites (N-methyl/N-ethyl adjacent to an activating group) is 1. The van der Waals surface area contributed by atoms with Crippen molar-refractivity contribution in [3.8, 4) is 0 Å². The largest absolute Gasteiger partial charge is 0.331 e. The van der Waals surface area contributed by atoms with Gasteiger partial charge in [-0.3, -0.25) is 0 Å². The molecule has 78 valence electrons. The molecule has 0 aliphatic carbocycles. The van der Waals surface area contributed by atoms with Crippen molar-refractivity contribution >= 4 is 0 Å². The van der Waals surface area contributed by atoms with Gasteiger partial charge >= 0.3 is 0 Å². The number of hydrogen-bond acceptors (Lipinski definition) is 2. The summed E-state index contributed by atoms with van der Waals surface area (Å²) >= 11 is 0. The lowest BCUT2D eigenvalue weighted by Gasteiger charge is -2.31. The zero-order chi connectivity index (χ0) is 9.97. The van der Waals surface area contributed by atoms with Crippen LogP contribution in [-0.2, 0) is 6.42 Å². The summed E-state index contributed by atoms with van der Waals surface area (Å²) in [5.41, 5.74) is 0. The lowest BCUT2D eigenvalue weighted by molar-refractivity contribution is 0.209. The molecule has 1 aliphatic rings. The van der Waals surface area contributed by atoms with Gasteiger partial charge < -0.3 is 9.47 Å². The molecule has 1 atom stereocenters. The average Bonchev–Trinajstić information content (AvgIpc) is 2.65. The lowest BCUT2D eigenvalue weighted by atomic mass is 10.1. The number of nitrogens with zero attached hydrogens (tertiary/aromatic N) is 3. The summed E-state index contributed by atoms with van der Waals surface area (Å²) in [6.07, 6.45) is 7.69. The molecule has 0 radical (unpaired) electrons. The second kappa shape index (κ2) is 4.13. The molecule has 0 aromatic carbocycles. The van der Waals surface area contributed by atoms with Gasteiger partial charge in [0.2, 0.25) is 0 Å². The van der Waals surface area contributed by atoms with E-state index in [0.29, 0.717) is 6.04 Å². The van der Waals surface area contributed by atoms with Crippen LogP contribution in [0.1, 0.15) is 31.6 Å². The summed E-state index contributed by atoms with van der Waals surface area (Å²) < 4.78 is 2.36. The standard InChI is InChI=1S/C11H19N3/c1-3-11-12-6-8-14(11)10-5-4-7-13(2)9-10/h6,8,10H,3-5,7,9H2,1-2H3. The monoisotopic (exact) mass is 193 g/mol. The van der Waals surface area contributed by atoms with E-state index < -0.39 is 0 Å². The predicted molar refractivity (Wildman–Crippen MR) is 57.4 cm³/mol. The first-order chi connectivity index (χ1) is 6.81. The van der Waals surface area contributed by atoms with Crippen LogP contribution >= 0.6 is 0 Å². The summed E-state index contributed by atoms with van der Waals surface area (Å²) in [6, 6.07) is 0.645. The number of aromatic nitrogens is 2. The van der Waals surface area contributed by atoms with Gasteiger partial charge in [0.25, 0.3) is 0 Å². The first-order valence-corrected chi connectivity index (χ1v) is 5.51. The number of rotatable bonds is 2. The molecule has 1 aliphatic heterocycles. The molecule has 0 saturated carbocycles. The van der Waals surface area contributed by atoms with E-state index in [1.54, 1.807) is 0 Å². The van der Waals surface area contributed by atoms with Crippen molar-refractivity contribution in [1.29, 1.82) is 0 Å². The van der Waals surface area contributed by atoms with Crippen LogP contribution in [0.4, 0.5) is 0 Å². The van der Waals surface area contributed by atoms with Crippen molar-refractivity contribution in [2.24, 2.45) is 0 Å². The molecule has 2 rings (SSSR count). The van der Waals surface area contributed by atoms with E-state index in [-0.39, 0.29) is 0 Å². The number of imidazole rings is 1. The molecule has 1 aromatic heterocycles. The Labute approximate surface area is 85.7 Å². The summed E-state index contributed by atoms with van der Waals surface area (Å²) in [6.45, 7) is 4.58. The first kappa shape index (κ1) is 9.71. The van der Waals surface area contributed by atoms with Gasteiger partial charge in [-0.1, -0.05) is 6.92 Å². The van der Waals surface area contributed by atoms with Crippen LogP contribution in [0.2, 0.25) is 0 Å². The van der Waals surface area contributed by atoms with E-state index in [4.69, 9.17) is 0 Å². The van der Waals surface area contributed by atoms with Gasteiger partial charge in [-0.25, -0.2) is 4.98 Å². The van der Waals surface area contributed by atoms with Crippen LogP contribution in [0, 0.1) is 0 Å². The van der Waals surface area contributed by atoms with Crippen LogP contribution in [-0.4, -0.2) is 34.6 Å². The van der Waals surface area contributed by atoms with Gasteiger partial charge in [-0.05, 0) is 26.4 Å². The molecule has 3 heteroatoms. The number of piperidine rings is 1. The molecule has 0 amide bonds. The Balaban J connectivity index is 2.13. The molecule has 0 spiro atoms. The highest BCUT2D eigenvalue weighted by molar-refractivity contribution is 4.96. The normalized spacial score (nSPS) is 24.0. The smallest absolute Gasteiger partial charge is 0.108 e. The van der Waals surface area contributed by atoms with Crippen molar-refractivity contribution in [1.82, 2.24) is 14.5 Å². The predicted octanol–water partition coefficient (Wildman–Crippen LogP) is 1.71. The highest BCUT2D eigenvalue weighted by Gasteiger charge is 2.19. The second-order valence-electron chi connectivity index (χ2n) is 4.16. The van der Waals surface area contributed by atoms with Crippen LogP contribution in [0.15, 0.2) is 12.4 Å². The third kappa shape index (κ3) is 1.82. The molecule has 1 unspecified atom stereocenters. The van der Waals surface area contributed by atoms with Gasteiger partial charge in [-0.2, -0.15) is 0 Å². The Bertz CT molecular complexity index is 292. The maximum atomic E-state index is 4.38. The lowest BCUT2D eigenvalue weighted by Crippen LogP contribution is -2.33. The Kier molecular flexibility index (Phi) is 2.87. The van der Waals surface area contributed by atoms with Crippen LogP contribution in [0.3, 0.4) is 0 Å². The number of likely N-dealkylation sites (tertiary alicyclic amines) is 1. The van der Waals surface area contributed by atoms with E-state index in [1.165, 1.54) is 31.8 Å². The summed E-state index contributed by atoms with van der Waals surface area (Å²) in [4.78, 5) is 6.79. The Morgan fingerprint density at radius 1 is 1.57 bits per heavy atom. The van der Waals surface area contributed by atoms with E-state index in [2.05, 4.69) is 34.6 Å². The van der Waals surface area contributed by atoms with Gasteiger partial charge in [0.05, 0.1) is 0 Å². The third-order valence-electron chi connectivity index (χ3n) is 3.06. The van der Waals surface area contributed by atoms with Gasteiger partial charge in [0, 0.05) is 31.4 Å². The van der Waals surface area contributed by atoms with Gasteiger partial charge in [-0.15, -0.1) is 0 Å². The van der Waals surface area contributed by atoms with E-state index in [0.717, 1.165) is 6.42 Å². The second-order valence-corrected chi connectivity index (χ2v) is 4.16. The van der Waals surface area contributed by atoms with E-state index in [1.807, 2.05) is 6.20 Å². The van der Waals surface area contributed by atoms with Crippen LogP contribution < -0.4 is 0 Å². The summed E-state index contributed by atoms with van der Waals surface area (Å²) in [5, 5.41) is 0. The van der Waals surface area contributed by atoms with Crippen molar-refractivity contribution in [3.63, 3.8) is 0 Å². The fraction of sp³-hybridized carbons (Fsp3) is 0.727. The molecule has 1 aromatic rings. The van der Waals surface area contributed by atoms with Gasteiger partial charge in [0.1, 0.15) is 5.82 Å².